The van der Waals surface area contributed by atoms with E-state index in [-0.39, 0.29) is 37.9 Å². The minimum absolute atomic E-state index is 0.0245. The Morgan fingerprint density at radius 1 is 0.522 bits per heavy atom. The van der Waals surface area contributed by atoms with E-state index in [9.17, 15) is 19.0 Å². The van der Waals surface area contributed by atoms with E-state index in [0.29, 0.717) is 23.9 Å². The lowest BCUT2D eigenvalue weighted by molar-refractivity contribution is -0.870. The summed E-state index contributed by atoms with van der Waals surface area (Å²) in [5.41, 5.74) is 0. The molecule has 9 nitrogen and oxygen atoms in total. The Morgan fingerprint density at radius 3 is 1.46 bits per heavy atom. The highest BCUT2D eigenvalue weighted by Crippen LogP contribution is 2.43. The normalized spacial score (nSPS) is 14.5. The van der Waals surface area contributed by atoms with Crippen molar-refractivity contribution in [2.45, 2.75) is 238 Å². The molecule has 69 heavy (non-hydrogen) atoms. The van der Waals surface area contributed by atoms with E-state index in [1.165, 1.54) is 96.3 Å². The zero-order chi connectivity index (χ0) is 50.8. The smallest absolute Gasteiger partial charge is 0.456 e. The molecule has 0 aliphatic heterocycles. The highest BCUT2D eigenvalue weighted by Gasteiger charge is 2.30. The Kier molecular flexibility index (Phi) is 46.8. The maximum atomic E-state index is 13.5. The van der Waals surface area contributed by atoms with Crippen molar-refractivity contribution in [2.24, 2.45) is 0 Å². The number of likely N-dealkylation sites (N-methyl/N-ethyl adjacent to an activating group) is 1. The second-order valence-electron chi connectivity index (χ2n) is 19.8. The van der Waals surface area contributed by atoms with Crippen molar-refractivity contribution >= 4 is 19.7 Å². The molecule has 3 unspecified atom stereocenters. The second kappa shape index (κ2) is 48.8. The van der Waals surface area contributed by atoms with Crippen molar-refractivity contribution in [3.05, 3.63) is 85.1 Å². The van der Waals surface area contributed by atoms with Gasteiger partial charge in [-0.25, -0.2) is 4.57 Å². The number of amides is 1. The lowest BCUT2D eigenvalue weighted by atomic mass is 10.1. The summed E-state index contributed by atoms with van der Waals surface area (Å²) in [4.78, 5) is 37.5. The van der Waals surface area contributed by atoms with E-state index in [1.807, 2.05) is 33.3 Å². The molecule has 0 aliphatic carbocycles. The molecule has 0 fully saturated rings. The molecule has 2 N–H and O–H groups in total. The molecular weight excluding hydrogens is 880 g/mol. The van der Waals surface area contributed by atoms with Crippen LogP contribution in [0.4, 0.5) is 0 Å². The van der Waals surface area contributed by atoms with E-state index in [4.69, 9.17) is 13.8 Å². The highest BCUT2D eigenvalue weighted by molar-refractivity contribution is 7.47. The van der Waals surface area contributed by atoms with Crippen molar-refractivity contribution in [1.29, 1.82) is 0 Å². The Hall–Kier alpha value is -2.81. The third-order valence-electron chi connectivity index (χ3n) is 11.8. The van der Waals surface area contributed by atoms with Crippen LogP contribution in [0.25, 0.3) is 0 Å². The Morgan fingerprint density at radius 2 is 0.942 bits per heavy atom. The van der Waals surface area contributed by atoms with Gasteiger partial charge in [-0.15, -0.1) is 0 Å². The van der Waals surface area contributed by atoms with Crippen LogP contribution in [0.2, 0.25) is 0 Å². The van der Waals surface area contributed by atoms with Crippen molar-refractivity contribution < 1.29 is 37.3 Å². The summed E-state index contributed by atoms with van der Waals surface area (Å²) < 4.78 is 30.5. The van der Waals surface area contributed by atoms with Crippen LogP contribution in [0.3, 0.4) is 0 Å². The first-order valence-electron chi connectivity index (χ1n) is 27.9. The lowest BCUT2D eigenvalue weighted by Crippen LogP contribution is -2.47. The van der Waals surface area contributed by atoms with E-state index in [1.54, 1.807) is 0 Å². The number of phosphoric acid groups is 1. The fourth-order valence-electron chi connectivity index (χ4n) is 7.45. The van der Waals surface area contributed by atoms with E-state index in [0.717, 1.165) is 83.5 Å². The molecule has 398 valence electrons. The fraction of sp³-hybridized carbons (Fsp3) is 0.729. The molecule has 0 aromatic rings. The Balaban J connectivity index is 5.47. The van der Waals surface area contributed by atoms with Gasteiger partial charge < -0.3 is 19.4 Å². The SMILES string of the molecule is CCCCC/C=C\C/C=C\C/C=C\C/C=C\CCCC(=O)NC(COP(=O)(O)OCC[N+](C)(C)C)C(/C=C/CCCCCCCCCCC)OC(=O)CCCCCCCC/C=C/C=C/CCCCC. The van der Waals surface area contributed by atoms with Crippen molar-refractivity contribution in [3.63, 3.8) is 0 Å². The van der Waals surface area contributed by atoms with Crippen LogP contribution in [-0.2, 0) is 27.9 Å². The van der Waals surface area contributed by atoms with Crippen LogP contribution in [0.15, 0.2) is 85.1 Å². The van der Waals surface area contributed by atoms with Gasteiger partial charge in [0.05, 0.1) is 33.8 Å². The van der Waals surface area contributed by atoms with Gasteiger partial charge in [-0.05, 0) is 96.0 Å². The van der Waals surface area contributed by atoms with Crippen LogP contribution < -0.4 is 5.32 Å². The zero-order valence-corrected chi connectivity index (χ0v) is 46.2. The molecule has 0 saturated carbocycles. The number of esters is 1. The molecular formula is C59H106N2O7P+. The van der Waals surface area contributed by atoms with E-state index in [2.05, 4.69) is 99.0 Å². The summed E-state index contributed by atoms with van der Waals surface area (Å²) in [5.74, 6) is -0.590. The van der Waals surface area contributed by atoms with Gasteiger partial charge in [0.2, 0.25) is 5.91 Å². The maximum absolute atomic E-state index is 13.5. The predicted octanol–water partition coefficient (Wildman–Crippen LogP) is 16.7. The van der Waals surface area contributed by atoms with Crippen LogP contribution in [0.1, 0.15) is 226 Å². The number of hydrogen-bond acceptors (Lipinski definition) is 6. The Bertz CT molecular complexity index is 1460. The molecule has 0 radical (unpaired) electrons. The molecule has 0 spiro atoms. The van der Waals surface area contributed by atoms with Gasteiger partial charge in [0.15, 0.2) is 0 Å². The summed E-state index contributed by atoms with van der Waals surface area (Å²) in [7, 11) is 1.44. The van der Waals surface area contributed by atoms with Gasteiger partial charge in [0, 0.05) is 12.8 Å². The van der Waals surface area contributed by atoms with Crippen LogP contribution in [-0.4, -0.2) is 74.3 Å². The number of nitrogens with one attached hydrogen (secondary N) is 1. The molecule has 0 rings (SSSR count). The summed E-state index contributed by atoms with van der Waals surface area (Å²) in [6, 6.07) is -0.884. The number of carbonyl (C=O) groups is 2. The van der Waals surface area contributed by atoms with Crippen molar-refractivity contribution in [3.8, 4) is 0 Å². The number of hydrogen-bond donors (Lipinski definition) is 2. The molecule has 10 heteroatoms. The van der Waals surface area contributed by atoms with Gasteiger partial charge in [-0.3, -0.25) is 18.6 Å². The first-order valence-corrected chi connectivity index (χ1v) is 29.4. The number of allylic oxidation sites excluding steroid dienone is 13. The zero-order valence-electron chi connectivity index (χ0n) is 45.3. The van der Waals surface area contributed by atoms with Gasteiger partial charge in [-0.2, -0.15) is 0 Å². The van der Waals surface area contributed by atoms with Crippen LogP contribution >= 0.6 is 7.82 Å². The molecule has 1 amide bonds. The maximum Gasteiger partial charge on any atom is 0.472 e. The summed E-state index contributed by atoms with van der Waals surface area (Å²) in [5, 5.41) is 3.00. The monoisotopic (exact) mass is 986 g/mol. The lowest BCUT2D eigenvalue weighted by Gasteiger charge is -2.27. The number of unbranched alkanes of at least 4 members (excludes halogenated alkanes) is 22. The summed E-state index contributed by atoms with van der Waals surface area (Å²) >= 11 is 0. The van der Waals surface area contributed by atoms with E-state index >= 15 is 0 Å². The van der Waals surface area contributed by atoms with Crippen molar-refractivity contribution in [1.82, 2.24) is 5.32 Å². The largest absolute Gasteiger partial charge is 0.472 e. The number of carbonyl (C=O) groups excluding carboxylic acids is 2. The number of nitrogens with zero attached hydrogens (tertiary/aromatic N) is 1. The topological polar surface area (TPSA) is 111 Å². The van der Waals surface area contributed by atoms with Crippen LogP contribution in [0, 0.1) is 0 Å². The van der Waals surface area contributed by atoms with Gasteiger partial charge in [-0.1, -0.05) is 202 Å². The number of rotatable bonds is 49. The molecule has 3 atom stereocenters. The standard InChI is InChI=1S/C59H105N2O7P/c1-7-10-13-16-19-22-25-27-29-30-32-33-36-39-42-45-48-51-58(62)60-56(55-67-69(64,65)66-54-53-61(4,5)6)57(50-47-44-41-38-35-24-21-18-15-12-9-3)68-59(63)52-49-46-43-40-37-34-31-28-26-23-20-17-14-11-8-2/h19-20,22-23,26-29,32-33,39,42,47,50,56-57H,7-18,21,24-25,30-31,34-38,40-41,43-46,48-49,51-55H2,1-6H3,(H-,60,62,64,65)/p+1/b22-19-,23-20+,28-26+,29-27-,33-32-,42-39-,50-47+. The molecule has 0 bridgehead atoms. The minimum Gasteiger partial charge on any atom is -0.456 e. The molecule has 0 saturated heterocycles. The van der Waals surface area contributed by atoms with Gasteiger partial charge >= 0.3 is 13.8 Å². The van der Waals surface area contributed by atoms with Crippen molar-refractivity contribution in [2.75, 3.05) is 40.9 Å². The molecule has 0 aliphatic rings. The number of ether oxygens (including phenoxy) is 1. The Labute approximate surface area is 425 Å². The third-order valence-corrected chi connectivity index (χ3v) is 12.8. The van der Waals surface area contributed by atoms with Gasteiger partial charge in [0.1, 0.15) is 19.3 Å². The number of phosphoric ester groups is 1. The third kappa shape index (κ3) is 49.9. The molecule has 0 aromatic heterocycles. The van der Waals surface area contributed by atoms with E-state index < -0.39 is 20.0 Å². The first-order chi connectivity index (χ1) is 33.4. The predicted molar refractivity (Wildman–Crippen MR) is 295 cm³/mol. The summed E-state index contributed by atoms with van der Waals surface area (Å²) in [6.07, 6.45) is 63.0. The summed E-state index contributed by atoms with van der Waals surface area (Å²) in [6.45, 7) is 6.88. The second-order valence-corrected chi connectivity index (χ2v) is 21.2. The average Bonchev–Trinajstić information content (AvgIpc) is 3.31. The fourth-order valence-corrected chi connectivity index (χ4v) is 8.19. The quantitative estimate of drug-likeness (QED) is 0.0156. The number of quaternary nitrogens is 1. The first kappa shape index (κ1) is 66.2. The molecule has 0 heterocycles. The van der Waals surface area contributed by atoms with Crippen LogP contribution in [0.5, 0.6) is 0 Å². The van der Waals surface area contributed by atoms with Gasteiger partial charge in [0.25, 0.3) is 0 Å². The molecule has 0 aromatic carbocycles. The highest BCUT2D eigenvalue weighted by atomic mass is 31.2. The minimum atomic E-state index is -4.46. The average molecular weight is 986 g/mol.